The van der Waals surface area contributed by atoms with E-state index in [1.165, 1.54) is 0 Å². The van der Waals surface area contributed by atoms with Crippen LogP contribution in [0.4, 0.5) is 8.78 Å². The van der Waals surface area contributed by atoms with E-state index in [9.17, 15) is 13.6 Å². The number of hydrogen-bond acceptors (Lipinski definition) is 3. The van der Waals surface area contributed by atoms with Crippen molar-refractivity contribution in [3.8, 4) is 6.07 Å². The highest BCUT2D eigenvalue weighted by molar-refractivity contribution is 5.72. The average molecular weight is 211 g/mol. The molecular weight excluding hydrogens is 204 g/mol. The second-order valence-corrected chi connectivity index (χ2v) is 2.78. The highest BCUT2D eigenvalue weighted by Crippen LogP contribution is 2.15. The molecule has 0 unspecified atom stereocenters. The van der Waals surface area contributed by atoms with Crippen molar-refractivity contribution in [1.82, 2.24) is 0 Å². The molecule has 0 spiro atoms. The third-order valence-electron chi connectivity index (χ3n) is 1.82. The van der Waals surface area contributed by atoms with Gasteiger partial charge in [-0.15, -0.1) is 0 Å². The smallest absolute Gasteiger partial charge is 0.310 e. The molecule has 1 aromatic rings. The van der Waals surface area contributed by atoms with Crippen LogP contribution in [0.1, 0.15) is 11.1 Å². The Labute approximate surface area is 84.9 Å². The van der Waals surface area contributed by atoms with E-state index in [2.05, 4.69) is 4.74 Å². The second-order valence-electron chi connectivity index (χ2n) is 2.78. The predicted molar refractivity (Wildman–Crippen MR) is 46.8 cm³/mol. The summed E-state index contributed by atoms with van der Waals surface area (Å²) in [6, 6.07) is 3.36. The minimum atomic E-state index is -0.919. The van der Waals surface area contributed by atoms with Gasteiger partial charge in [0, 0.05) is 5.56 Å². The molecule has 0 saturated heterocycles. The van der Waals surface area contributed by atoms with E-state index in [-0.39, 0.29) is 11.1 Å². The lowest BCUT2D eigenvalue weighted by Gasteiger charge is -2.03. The molecule has 1 rings (SSSR count). The first-order chi connectivity index (χ1) is 7.08. The number of hydrogen-bond donors (Lipinski definition) is 0. The molecule has 3 nitrogen and oxygen atoms in total. The molecule has 0 atom stereocenters. The normalized spacial score (nSPS) is 9.47. The van der Waals surface area contributed by atoms with Crippen LogP contribution >= 0.6 is 0 Å². The third kappa shape index (κ3) is 2.50. The van der Waals surface area contributed by atoms with E-state index < -0.39 is 24.0 Å². The fourth-order valence-corrected chi connectivity index (χ4v) is 1.05. The summed E-state index contributed by atoms with van der Waals surface area (Å²) >= 11 is 0. The van der Waals surface area contributed by atoms with Gasteiger partial charge in [0.2, 0.25) is 0 Å². The van der Waals surface area contributed by atoms with E-state index in [0.717, 1.165) is 19.2 Å². The average Bonchev–Trinajstić information content (AvgIpc) is 2.22. The van der Waals surface area contributed by atoms with Crippen molar-refractivity contribution in [1.29, 1.82) is 5.26 Å². The Hall–Kier alpha value is -1.96. The molecule has 0 aliphatic carbocycles. The quantitative estimate of drug-likeness (QED) is 0.697. The van der Waals surface area contributed by atoms with Crippen molar-refractivity contribution < 1.29 is 18.3 Å². The summed E-state index contributed by atoms with van der Waals surface area (Å²) in [7, 11) is 1.13. The zero-order valence-corrected chi connectivity index (χ0v) is 7.88. The number of carbonyl (C=O) groups is 1. The van der Waals surface area contributed by atoms with Crippen LogP contribution in [-0.2, 0) is 16.0 Å². The lowest BCUT2D eigenvalue weighted by Crippen LogP contribution is -2.08. The number of nitriles is 1. The van der Waals surface area contributed by atoms with Crippen LogP contribution in [0.3, 0.4) is 0 Å². The molecule has 0 aliphatic heterocycles. The molecule has 0 saturated carbocycles. The monoisotopic (exact) mass is 211 g/mol. The Morgan fingerprint density at radius 3 is 2.40 bits per heavy atom. The molecule has 0 fully saturated rings. The first-order valence-electron chi connectivity index (χ1n) is 4.03. The highest BCUT2D eigenvalue weighted by atomic mass is 19.1. The van der Waals surface area contributed by atoms with Gasteiger partial charge in [0.1, 0.15) is 11.6 Å². The van der Waals surface area contributed by atoms with Gasteiger partial charge >= 0.3 is 5.97 Å². The maximum atomic E-state index is 13.2. The first-order valence-corrected chi connectivity index (χ1v) is 4.03. The molecule has 0 radical (unpaired) electrons. The molecule has 15 heavy (non-hydrogen) atoms. The topological polar surface area (TPSA) is 50.1 Å². The van der Waals surface area contributed by atoms with E-state index in [1.54, 1.807) is 6.07 Å². The fourth-order valence-electron chi connectivity index (χ4n) is 1.05. The van der Waals surface area contributed by atoms with Gasteiger partial charge in [-0.05, 0) is 12.1 Å². The van der Waals surface area contributed by atoms with E-state index in [0.29, 0.717) is 0 Å². The molecule has 0 N–H and O–H groups in total. The Morgan fingerprint density at radius 1 is 1.47 bits per heavy atom. The number of halogens is 2. The van der Waals surface area contributed by atoms with Crippen molar-refractivity contribution in [3.63, 3.8) is 0 Å². The third-order valence-corrected chi connectivity index (χ3v) is 1.82. The van der Waals surface area contributed by atoms with Crippen molar-refractivity contribution in [2.45, 2.75) is 6.42 Å². The molecule has 0 heterocycles. The van der Waals surface area contributed by atoms with E-state index >= 15 is 0 Å². The van der Waals surface area contributed by atoms with Gasteiger partial charge in [0.15, 0.2) is 0 Å². The van der Waals surface area contributed by atoms with Gasteiger partial charge in [-0.1, -0.05) is 0 Å². The van der Waals surface area contributed by atoms with Gasteiger partial charge in [-0.2, -0.15) is 5.26 Å². The Kier molecular flexibility index (Phi) is 3.34. The van der Waals surface area contributed by atoms with Crippen LogP contribution < -0.4 is 0 Å². The molecule has 1 aromatic carbocycles. The molecule has 0 amide bonds. The molecule has 0 aliphatic rings. The van der Waals surface area contributed by atoms with Crippen LogP contribution in [-0.4, -0.2) is 13.1 Å². The zero-order chi connectivity index (χ0) is 11.4. The molecule has 0 bridgehead atoms. The van der Waals surface area contributed by atoms with E-state index in [1.807, 2.05) is 0 Å². The summed E-state index contributed by atoms with van der Waals surface area (Å²) in [5.41, 5.74) is -0.514. The summed E-state index contributed by atoms with van der Waals surface area (Å²) in [6.45, 7) is 0. The standard InChI is InChI=1S/C10H7F2NO2/c1-15-10(14)4-7-8(11)2-6(5-13)3-9(7)12/h2-3H,4H2,1H3. The number of ether oxygens (including phenoxy) is 1. The maximum Gasteiger partial charge on any atom is 0.310 e. The van der Waals surface area contributed by atoms with E-state index in [4.69, 9.17) is 5.26 Å². The van der Waals surface area contributed by atoms with Crippen LogP contribution in [0.25, 0.3) is 0 Å². The summed E-state index contributed by atoms with van der Waals surface area (Å²) in [6.07, 6.45) is -0.486. The highest BCUT2D eigenvalue weighted by Gasteiger charge is 2.14. The number of rotatable bonds is 2. The Morgan fingerprint density at radius 2 is 2.00 bits per heavy atom. The van der Waals surface area contributed by atoms with Gasteiger partial charge in [0.25, 0.3) is 0 Å². The minimum absolute atomic E-state index is 0.126. The summed E-state index contributed by atoms with van der Waals surface area (Å²) in [5, 5.41) is 8.43. The minimum Gasteiger partial charge on any atom is -0.469 e. The predicted octanol–water partition coefficient (Wildman–Crippen LogP) is 1.55. The lowest BCUT2D eigenvalue weighted by molar-refractivity contribution is -0.139. The lowest BCUT2D eigenvalue weighted by atomic mass is 10.1. The van der Waals surface area contributed by atoms with Gasteiger partial charge in [0.05, 0.1) is 25.2 Å². The Bertz CT molecular complexity index is 415. The molecular formula is C10H7F2NO2. The maximum absolute atomic E-state index is 13.2. The molecule has 78 valence electrons. The first kappa shape index (κ1) is 11.1. The van der Waals surface area contributed by atoms with Gasteiger partial charge in [-0.25, -0.2) is 8.78 Å². The number of benzene rings is 1. The van der Waals surface area contributed by atoms with Crippen molar-refractivity contribution in [2.75, 3.05) is 7.11 Å². The van der Waals surface area contributed by atoms with Gasteiger partial charge < -0.3 is 4.74 Å². The molecule has 0 aromatic heterocycles. The second kappa shape index (κ2) is 4.51. The number of carbonyl (C=O) groups excluding carboxylic acids is 1. The number of esters is 1. The van der Waals surface area contributed by atoms with Crippen molar-refractivity contribution in [2.24, 2.45) is 0 Å². The molecule has 5 heteroatoms. The van der Waals surface area contributed by atoms with Crippen molar-refractivity contribution in [3.05, 3.63) is 34.9 Å². The zero-order valence-electron chi connectivity index (χ0n) is 7.88. The fraction of sp³-hybridized carbons (Fsp3) is 0.200. The van der Waals surface area contributed by atoms with Gasteiger partial charge in [-0.3, -0.25) is 4.79 Å². The SMILES string of the molecule is COC(=O)Cc1c(F)cc(C#N)cc1F. The summed E-state index contributed by atoms with van der Waals surface area (Å²) in [5.74, 6) is -2.58. The van der Waals surface area contributed by atoms with Crippen LogP contribution in [0, 0.1) is 23.0 Å². The van der Waals surface area contributed by atoms with Crippen LogP contribution in [0.15, 0.2) is 12.1 Å². The van der Waals surface area contributed by atoms with Crippen LogP contribution in [0.5, 0.6) is 0 Å². The number of methoxy groups -OCH3 is 1. The number of nitrogens with zero attached hydrogens (tertiary/aromatic N) is 1. The van der Waals surface area contributed by atoms with Crippen LogP contribution in [0.2, 0.25) is 0 Å². The summed E-state index contributed by atoms with van der Waals surface area (Å²) in [4.78, 5) is 10.8. The summed E-state index contributed by atoms with van der Waals surface area (Å²) < 4.78 is 30.7. The van der Waals surface area contributed by atoms with Crippen molar-refractivity contribution >= 4 is 5.97 Å². The largest absolute Gasteiger partial charge is 0.469 e. The Balaban J connectivity index is 3.10.